The quantitative estimate of drug-likeness (QED) is 0.422. The van der Waals surface area contributed by atoms with E-state index in [-0.39, 0.29) is 42.0 Å². The second-order valence-corrected chi connectivity index (χ2v) is 2.37. The number of hydrogen-bond donors (Lipinski definition) is 0. The van der Waals surface area contributed by atoms with Crippen LogP contribution in [0.2, 0.25) is 0 Å². The van der Waals surface area contributed by atoms with Gasteiger partial charge in [-0.2, -0.15) is 23.6 Å². The van der Waals surface area contributed by atoms with Crippen molar-refractivity contribution in [2.24, 2.45) is 0 Å². The summed E-state index contributed by atoms with van der Waals surface area (Å²) in [6.45, 7) is 4.24. The van der Waals surface area contributed by atoms with Crippen LogP contribution in [0.4, 0.5) is 0 Å². The largest absolute Gasteiger partial charge is 1.00 e. The molecule has 0 aliphatic rings. The maximum atomic E-state index is 2.12. The topological polar surface area (TPSA) is 0 Å². The molecule has 11 heavy (non-hydrogen) atoms. The Morgan fingerprint density at radius 1 is 1.00 bits per heavy atom. The van der Waals surface area contributed by atoms with Crippen molar-refractivity contribution < 1.29 is 29.6 Å². The summed E-state index contributed by atoms with van der Waals surface area (Å²) in [6, 6.07) is 10.4. The third kappa shape index (κ3) is 4.76. The number of benzene rings is 1. The molecule has 0 fully saturated rings. The summed E-state index contributed by atoms with van der Waals surface area (Å²) < 4.78 is 0. The van der Waals surface area contributed by atoms with Crippen molar-refractivity contribution in [1.82, 2.24) is 0 Å². The van der Waals surface area contributed by atoms with E-state index in [1.165, 1.54) is 11.5 Å². The molecule has 0 nitrogen and oxygen atoms in total. The summed E-state index contributed by atoms with van der Waals surface area (Å²) in [5.74, 6) is 1.37. The first kappa shape index (κ1) is 13.9. The molecule has 0 atom stereocenters. The Morgan fingerprint density at radius 2 is 1.45 bits per heavy atom. The fourth-order valence-corrected chi connectivity index (χ4v) is 0.771. The standard InChI is InChI=1S/C9H11.ClH.Na/c1-8(2)9-6-4-3-5-7-9;;/h3-7H,1-2H3;1H;/q-1;;+1. The van der Waals surface area contributed by atoms with E-state index in [0.717, 1.165) is 0 Å². The van der Waals surface area contributed by atoms with Crippen molar-refractivity contribution in [1.29, 1.82) is 0 Å². The van der Waals surface area contributed by atoms with Gasteiger partial charge in [-0.1, -0.05) is 19.9 Å². The van der Waals surface area contributed by atoms with Crippen LogP contribution in [0.25, 0.3) is 0 Å². The smallest absolute Gasteiger partial charge is 0.189 e. The van der Waals surface area contributed by atoms with Crippen LogP contribution in [0.5, 0.6) is 0 Å². The van der Waals surface area contributed by atoms with Crippen LogP contribution in [0.15, 0.2) is 30.3 Å². The van der Waals surface area contributed by atoms with Gasteiger partial charge in [0.2, 0.25) is 0 Å². The molecular weight excluding hydrogens is 167 g/mol. The van der Waals surface area contributed by atoms with Gasteiger partial charge in [0.1, 0.15) is 0 Å². The monoisotopic (exact) mass is 178 g/mol. The average molecular weight is 179 g/mol. The van der Waals surface area contributed by atoms with Crippen LogP contribution in [0.1, 0.15) is 19.4 Å². The van der Waals surface area contributed by atoms with Crippen molar-refractivity contribution in [2.75, 3.05) is 0 Å². The molecule has 0 bridgehead atoms. The van der Waals surface area contributed by atoms with Gasteiger partial charge < -0.3 is 0 Å². The first-order valence-electron chi connectivity index (χ1n) is 3.16. The summed E-state index contributed by atoms with van der Waals surface area (Å²) in [5.41, 5.74) is 1.33. The molecule has 0 aliphatic carbocycles. The molecule has 0 heterocycles. The number of halogens is 1. The Balaban J connectivity index is 0. The van der Waals surface area contributed by atoms with Gasteiger partial charge in [0.15, 0.2) is 0 Å². The molecule has 0 aromatic heterocycles. The average Bonchev–Trinajstić information content (AvgIpc) is 1.90. The van der Waals surface area contributed by atoms with Gasteiger partial charge in [-0.05, 0) is 0 Å². The van der Waals surface area contributed by atoms with E-state index < -0.39 is 0 Å². The third-order valence-electron chi connectivity index (χ3n) is 1.35. The minimum atomic E-state index is 0. The predicted molar refractivity (Wildman–Crippen MR) is 47.4 cm³/mol. The fourth-order valence-electron chi connectivity index (χ4n) is 0.771. The van der Waals surface area contributed by atoms with Gasteiger partial charge in [-0.15, -0.1) is 24.5 Å². The normalized spacial score (nSPS) is 7.45. The Kier molecular flexibility index (Phi) is 8.93. The zero-order chi connectivity index (χ0) is 6.69. The van der Waals surface area contributed by atoms with Gasteiger partial charge in [-0.3, -0.25) is 0 Å². The first-order chi connectivity index (χ1) is 4.30. The van der Waals surface area contributed by atoms with Gasteiger partial charge in [-0.25, -0.2) is 0 Å². The fraction of sp³-hybridized carbons (Fsp3) is 0.222. The molecule has 0 N–H and O–H groups in total. The Bertz CT molecular complexity index is 172. The second kappa shape index (κ2) is 7.05. The van der Waals surface area contributed by atoms with Crippen molar-refractivity contribution in [2.45, 2.75) is 13.8 Å². The van der Waals surface area contributed by atoms with Gasteiger partial charge in [0, 0.05) is 0 Å². The summed E-state index contributed by atoms with van der Waals surface area (Å²) in [4.78, 5) is 0. The third-order valence-corrected chi connectivity index (χ3v) is 1.35. The maximum Gasteiger partial charge on any atom is 1.00 e. The zero-order valence-electron chi connectivity index (χ0n) is 7.29. The summed E-state index contributed by atoms with van der Waals surface area (Å²) >= 11 is 0. The van der Waals surface area contributed by atoms with Crippen LogP contribution in [-0.2, 0) is 0 Å². The minimum absolute atomic E-state index is 0. The molecule has 1 aromatic rings. The van der Waals surface area contributed by atoms with Gasteiger partial charge in [0.05, 0.1) is 0 Å². The molecule has 0 saturated heterocycles. The molecule has 1 rings (SSSR count). The SMILES string of the molecule is C[C-](C)c1ccccc1.Cl.[Na+]. The van der Waals surface area contributed by atoms with Crippen LogP contribution in [0.3, 0.4) is 0 Å². The van der Waals surface area contributed by atoms with E-state index >= 15 is 0 Å². The molecule has 2 heteroatoms. The maximum absolute atomic E-state index is 2.12. The van der Waals surface area contributed by atoms with Crippen LogP contribution < -0.4 is 29.6 Å². The van der Waals surface area contributed by atoms with E-state index in [1.54, 1.807) is 0 Å². The Labute approximate surface area is 97.1 Å². The van der Waals surface area contributed by atoms with Crippen molar-refractivity contribution >= 4 is 12.4 Å². The van der Waals surface area contributed by atoms with Crippen molar-refractivity contribution in [3.63, 3.8) is 0 Å². The van der Waals surface area contributed by atoms with Crippen LogP contribution >= 0.6 is 12.4 Å². The molecule has 1 aromatic carbocycles. The summed E-state index contributed by atoms with van der Waals surface area (Å²) in [5, 5.41) is 0. The predicted octanol–water partition coefficient (Wildman–Crippen LogP) is 0.0748. The molecular formula is C9H12ClNa. The van der Waals surface area contributed by atoms with Crippen molar-refractivity contribution in [3.8, 4) is 0 Å². The molecule has 0 amide bonds. The molecule has 0 aliphatic heterocycles. The van der Waals surface area contributed by atoms with Gasteiger partial charge >= 0.3 is 29.6 Å². The summed E-state index contributed by atoms with van der Waals surface area (Å²) in [6.07, 6.45) is 0. The zero-order valence-corrected chi connectivity index (χ0v) is 10.1. The molecule has 0 spiro atoms. The molecule has 0 unspecified atom stereocenters. The molecule has 56 valence electrons. The summed E-state index contributed by atoms with van der Waals surface area (Å²) in [7, 11) is 0. The van der Waals surface area contributed by atoms with E-state index in [9.17, 15) is 0 Å². The van der Waals surface area contributed by atoms with Crippen LogP contribution in [0, 0.1) is 5.92 Å². The van der Waals surface area contributed by atoms with Crippen molar-refractivity contribution in [3.05, 3.63) is 41.8 Å². The van der Waals surface area contributed by atoms with Gasteiger partial charge in [0.25, 0.3) is 0 Å². The number of rotatable bonds is 1. The number of hydrogen-bond acceptors (Lipinski definition) is 0. The minimum Gasteiger partial charge on any atom is -0.189 e. The van der Waals surface area contributed by atoms with E-state index in [1.807, 2.05) is 6.07 Å². The second-order valence-electron chi connectivity index (χ2n) is 2.37. The Hall–Kier alpha value is 0.380. The van der Waals surface area contributed by atoms with E-state index in [4.69, 9.17) is 0 Å². The first-order valence-corrected chi connectivity index (χ1v) is 3.16. The van der Waals surface area contributed by atoms with E-state index in [2.05, 4.69) is 38.1 Å². The Morgan fingerprint density at radius 3 is 1.73 bits per heavy atom. The molecule has 0 saturated carbocycles. The molecule has 0 radical (unpaired) electrons. The van der Waals surface area contributed by atoms with Crippen LogP contribution in [-0.4, -0.2) is 0 Å². The van der Waals surface area contributed by atoms with E-state index in [0.29, 0.717) is 0 Å².